The van der Waals surface area contributed by atoms with Gasteiger partial charge in [-0.15, -0.1) is 0 Å². The van der Waals surface area contributed by atoms with Gasteiger partial charge in [-0.2, -0.15) is 32.8 Å². The van der Waals surface area contributed by atoms with E-state index in [2.05, 4.69) is 24.5 Å². The molecule has 0 amide bonds. The van der Waals surface area contributed by atoms with Crippen LogP contribution >= 0.6 is 0 Å². The summed E-state index contributed by atoms with van der Waals surface area (Å²) in [7, 11) is 0. The molecular weight excluding hydrogens is 548 g/mol. The number of fused-ring (bicyclic) bond motifs is 2. The van der Waals surface area contributed by atoms with E-state index >= 15 is 0 Å². The highest BCUT2D eigenvalue weighted by Gasteiger charge is 2.37. The molecule has 0 saturated heterocycles. The van der Waals surface area contributed by atoms with Gasteiger partial charge in [-0.25, -0.2) is 25.1 Å². The van der Waals surface area contributed by atoms with Crippen LogP contribution in [0, 0.1) is 77.5 Å². The molecule has 0 saturated carbocycles. The number of nitrogens with zero attached hydrogens (tertiary/aromatic N) is 8. The van der Waals surface area contributed by atoms with Gasteiger partial charge in [-0.1, -0.05) is 6.07 Å². The van der Waals surface area contributed by atoms with Crippen LogP contribution in [0.2, 0.25) is 0 Å². The van der Waals surface area contributed by atoms with Crippen molar-refractivity contribution in [1.29, 1.82) is 15.8 Å². The maximum Gasteiger partial charge on any atom is 0.270 e. The number of benzene rings is 1. The Balaban J connectivity index is 1.96. The van der Waals surface area contributed by atoms with E-state index in [1.165, 1.54) is 12.1 Å². The Bertz CT molecular complexity index is 1970. The van der Waals surface area contributed by atoms with Gasteiger partial charge in [0, 0.05) is 17.7 Å². The van der Waals surface area contributed by atoms with Crippen LogP contribution in [0.4, 0.5) is 17.6 Å². The van der Waals surface area contributed by atoms with E-state index in [9.17, 15) is 33.3 Å². The molecule has 0 N–H and O–H groups in total. The Labute approximate surface area is 234 Å². The van der Waals surface area contributed by atoms with Gasteiger partial charge in [0.1, 0.15) is 6.07 Å². The van der Waals surface area contributed by atoms with Crippen LogP contribution in [0.25, 0.3) is 48.1 Å². The number of hydrogen-bond acceptors (Lipinski definition) is 5. The predicted molar refractivity (Wildman–Crippen MR) is 139 cm³/mol. The summed E-state index contributed by atoms with van der Waals surface area (Å²) in [6.45, 7) is 23.0. The molecule has 194 valence electrons. The lowest BCUT2D eigenvalue weighted by Crippen LogP contribution is -1.97. The molecule has 5 rings (SSSR count). The van der Waals surface area contributed by atoms with Crippen LogP contribution in [0.3, 0.4) is 0 Å². The first kappa shape index (κ1) is 26.7. The first-order valence-electron chi connectivity index (χ1n) is 11.4. The second-order valence-electron chi connectivity index (χ2n) is 8.54. The molecule has 1 aromatic carbocycles. The number of pyridine rings is 2. The summed E-state index contributed by atoms with van der Waals surface area (Å²) in [6.07, 6.45) is 0. The van der Waals surface area contributed by atoms with Gasteiger partial charge in [0.15, 0.2) is 0 Å². The SMILES string of the molecule is [C-]#[N+]C1=C(c2cc(F)nc(F)c2)/C(=C(/C#N)[N+]#[C-])c2cc3c(cc21)C(C#N)=C(c1cc(F)nc(F)c1)/C3=C(\C#N)[N+]#[C-]. The monoisotopic (exact) mass is 554 g/mol. The molecule has 8 nitrogen and oxygen atoms in total. The van der Waals surface area contributed by atoms with Gasteiger partial charge >= 0.3 is 0 Å². The number of hydrogen-bond donors (Lipinski definition) is 0. The van der Waals surface area contributed by atoms with Gasteiger partial charge in [0.2, 0.25) is 29.5 Å². The molecule has 0 atom stereocenters. The Morgan fingerprint density at radius 1 is 0.619 bits per heavy atom. The number of halogens is 4. The molecule has 0 unspecified atom stereocenters. The summed E-state index contributed by atoms with van der Waals surface area (Å²) in [5.41, 5.74) is -2.22. The Hall–Kier alpha value is -6.86. The highest BCUT2D eigenvalue weighted by atomic mass is 19.1. The molecule has 42 heavy (non-hydrogen) atoms. The highest BCUT2D eigenvalue weighted by molar-refractivity contribution is 6.29. The highest BCUT2D eigenvalue weighted by Crippen LogP contribution is 2.55. The smallest absolute Gasteiger partial charge is 0.237 e. The van der Waals surface area contributed by atoms with Crippen LogP contribution < -0.4 is 0 Å². The van der Waals surface area contributed by atoms with E-state index in [0.29, 0.717) is 0 Å². The lowest BCUT2D eigenvalue weighted by Gasteiger charge is -2.12. The summed E-state index contributed by atoms with van der Waals surface area (Å²) < 4.78 is 56.6. The van der Waals surface area contributed by atoms with Gasteiger partial charge in [-0.3, -0.25) is 0 Å². The fraction of sp³-hybridized carbons (Fsp3) is 0. The minimum absolute atomic E-state index is 0.0583. The van der Waals surface area contributed by atoms with Crippen LogP contribution in [0.5, 0.6) is 0 Å². The largest absolute Gasteiger partial charge is 0.270 e. The second-order valence-corrected chi connectivity index (χ2v) is 8.54. The maximum absolute atomic E-state index is 14.1. The van der Waals surface area contributed by atoms with Crippen molar-refractivity contribution in [2.75, 3.05) is 0 Å². The fourth-order valence-electron chi connectivity index (χ4n) is 4.98. The summed E-state index contributed by atoms with van der Waals surface area (Å²) in [5.74, 6) is -4.90. The molecular formula is C30H6F4N8. The molecule has 2 aromatic heterocycles. The predicted octanol–water partition coefficient (Wildman–Crippen LogP) is 6.59. The van der Waals surface area contributed by atoms with Crippen LogP contribution in [-0.2, 0) is 0 Å². The zero-order chi connectivity index (χ0) is 30.3. The fourth-order valence-corrected chi connectivity index (χ4v) is 4.98. The Morgan fingerprint density at radius 3 is 1.48 bits per heavy atom. The van der Waals surface area contributed by atoms with E-state index in [-0.39, 0.29) is 66.9 Å². The summed E-state index contributed by atoms with van der Waals surface area (Å²) in [6, 6.07) is 11.3. The zero-order valence-electron chi connectivity index (χ0n) is 20.6. The maximum atomic E-state index is 14.1. The van der Waals surface area contributed by atoms with Crippen molar-refractivity contribution in [2.24, 2.45) is 0 Å². The lowest BCUT2D eigenvalue weighted by molar-refractivity contribution is 0.511. The standard InChI is InChI=1S/C30H6F4N8/c1-38-20(11-36)28-16-9-17-18(8-15(16)19(10-35)26(28)13-4-22(31)41-23(32)5-13)30(40-3)27(29(17)21(12-37)39-2)14-6-24(33)42-25(34)7-14/h4-9H/b28-20+,29-21-. The van der Waals surface area contributed by atoms with E-state index in [4.69, 9.17) is 19.7 Å². The van der Waals surface area contributed by atoms with Crippen molar-refractivity contribution >= 4 is 33.6 Å². The number of nitriles is 3. The van der Waals surface area contributed by atoms with Gasteiger partial charge in [-0.05, 0) is 68.3 Å². The average Bonchev–Trinajstić information content (AvgIpc) is 3.44. The third kappa shape index (κ3) is 3.95. The molecule has 3 aromatic rings. The molecule has 2 aliphatic carbocycles. The molecule has 2 heterocycles. The van der Waals surface area contributed by atoms with E-state index in [0.717, 1.165) is 24.3 Å². The second kappa shape index (κ2) is 10.0. The summed E-state index contributed by atoms with van der Waals surface area (Å²) in [4.78, 5) is 16.1. The van der Waals surface area contributed by atoms with Crippen LogP contribution in [0.1, 0.15) is 33.4 Å². The Morgan fingerprint density at radius 2 is 1.05 bits per heavy atom. The van der Waals surface area contributed by atoms with Crippen LogP contribution in [-0.4, -0.2) is 9.97 Å². The minimum Gasteiger partial charge on any atom is -0.237 e. The van der Waals surface area contributed by atoms with Crippen molar-refractivity contribution in [3.63, 3.8) is 0 Å². The third-order valence-corrected chi connectivity index (χ3v) is 6.44. The number of allylic oxidation sites excluding steroid dienone is 7. The minimum atomic E-state index is -1.23. The lowest BCUT2D eigenvalue weighted by atomic mass is 9.91. The Kier molecular flexibility index (Phi) is 6.38. The van der Waals surface area contributed by atoms with Gasteiger partial charge < -0.3 is 0 Å². The van der Waals surface area contributed by atoms with Crippen molar-refractivity contribution < 1.29 is 17.6 Å². The number of aromatic nitrogens is 2. The number of rotatable bonds is 2. The third-order valence-electron chi connectivity index (χ3n) is 6.44. The normalized spacial score (nSPS) is 15.4. The molecule has 0 bridgehead atoms. The molecule has 0 spiro atoms. The molecule has 2 aliphatic rings. The van der Waals surface area contributed by atoms with Crippen molar-refractivity contribution in [3.05, 3.63) is 139 Å². The van der Waals surface area contributed by atoms with Crippen molar-refractivity contribution in [2.45, 2.75) is 0 Å². The summed E-state index contributed by atoms with van der Waals surface area (Å²) >= 11 is 0. The van der Waals surface area contributed by atoms with Crippen molar-refractivity contribution in [1.82, 2.24) is 9.97 Å². The van der Waals surface area contributed by atoms with E-state index in [1.54, 1.807) is 12.1 Å². The van der Waals surface area contributed by atoms with E-state index < -0.39 is 35.2 Å². The zero-order valence-corrected chi connectivity index (χ0v) is 20.6. The first-order chi connectivity index (χ1) is 20.2. The van der Waals surface area contributed by atoms with Gasteiger partial charge in [0.05, 0.1) is 37.4 Å². The molecule has 0 radical (unpaired) electrons. The van der Waals surface area contributed by atoms with Crippen LogP contribution in [0.15, 0.2) is 47.8 Å². The van der Waals surface area contributed by atoms with E-state index in [1.807, 2.05) is 6.07 Å². The topological polar surface area (TPSA) is 110 Å². The summed E-state index contributed by atoms with van der Waals surface area (Å²) in [5, 5.41) is 29.7. The quantitative estimate of drug-likeness (QED) is 0.154. The molecule has 0 aliphatic heterocycles. The molecule has 12 heteroatoms. The first-order valence-corrected chi connectivity index (χ1v) is 11.4. The van der Waals surface area contributed by atoms with Crippen molar-refractivity contribution in [3.8, 4) is 18.2 Å². The van der Waals surface area contributed by atoms with Gasteiger partial charge in [0.25, 0.3) is 11.4 Å². The average molecular weight is 554 g/mol. The molecule has 0 fully saturated rings.